The molecule has 0 radical (unpaired) electrons. The molecule has 144 valence electrons. The van der Waals surface area contributed by atoms with Crippen LogP contribution in [0, 0.1) is 6.92 Å². The summed E-state index contributed by atoms with van der Waals surface area (Å²) < 4.78 is 2.36. The Morgan fingerprint density at radius 2 is 1.68 bits per heavy atom. The lowest BCUT2D eigenvalue weighted by Crippen LogP contribution is -2.46. The lowest BCUT2D eigenvalue weighted by molar-refractivity contribution is 0.651. The summed E-state index contributed by atoms with van der Waals surface area (Å²) in [6.07, 6.45) is 2.11. The summed E-state index contributed by atoms with van der Waals surface area (Å²) in [5.74, 6) is 0. The number of nitrogens with zero attached hydrogens (tertiary/aromatic N) is 4. The van der Waals surface area contributed by atoms with Crippen molar-refractivity contribution in [3.05, 3.63) is 40.9 Å². The van der Waals surface area contributed by atoms with Crippen LogP contribution in [0.25, 0.3) is 20.4 Å². The normalized spacial score (nSPS) is 15.1. The Bertz CT molecular complexity index is 1120. The molecule has 2 aromatic carbocycles. The molecule has 4 aromatic rings. The first-order valence-electron chi connectivity index (χ1n) is 9.12. The van der Waals surface area contributed by atoms with Crippen LogP contribution in [0.2, 0.25) is 5.02 Å². The van der Waals surface area contributed by atoms with Crippen molar-refractivity contribution in [1.29, 1.82) is 0 Å². The molecule has 0 N–H and O–H groups in total. The molecule has 3 heterocycles. The van der Waals surface area contributed by atoms with E-state index in [1.165, 1.54) is 15.2 Å². The molecule has 1 fully saturated rings. The lowest BCUT2D eigenvalue weighted by atomic mass is 10.2. The van der Waals surface area contributed by atoms with Crippen LogP contribution >= 0.6 is 46.0 Å². The van der Waals surface area contributed by atoms with Crippen LogP contribution in [-0.4, -0.2) is 42.4 Å². The second-order valence-electron chi connectivity index (χ2n) is 6.84. The number of hydrogen-bond acceptors (Lipinski definition) is 7. The van der Waals surface area contributed by atoms with E-state index in [0.717, 1.165) is 57.2 Å². The summed E-state index contributed by atoms with van der Waals surface area (Å²) in [7, 11) is 0. The van der Waals surface area contributed by atoms with E-state index in [1.807, 2.05) is 12.1 Å². The van der Waals surface area contributed by atoms with Gasteiger partial charge in [0.15, 0.2) is 10.3 Å². The Labute approximate surface area is 181 Å². The van der Waals surface area contributed by atoms with Crippen molar-refractivity contribution >= 4 is 76.7 Å². The molecule has 1 saturated heterocycles. The highest BCUT2D eigenvalue weighted by atomic mass is 35.5. The van der Waals surface area contributed by atoms with Gasteiger partial charge in [0.25, 0.3) is 0 Å². The van der Waals surface area contributed by atoms with E-state index in [-0.39, 0.29) is 0 Å². The number of halogens is 1. The molecule has 0 unspecified atom stereocenters. The van der Waals surface area contributed by atoms with Crippen LogP contribution in [0.4, 0.5) is 10.3 Å². The molecule has 1 aliphatic heterocycles. The van der Waals surface area contributed by atoms with Crippen LogP contribution < -0.4 is 9.80 Å². The van der Waals surface area contributed by atoms with Crippen molar-refractivity contribution in [1.82, 2.24) is 9.97 Å². The maximum absolute atomic E-state index is 6.38. The molecule has 0 amide bonds. The molecule has 0 atom stereocenters. The van der Waals surface area contributed by atoms with Gasteiger partial charge in [-0.2, -0.15) is 0 Å². The number of piperazine rings is 1. The number of anilines is 2. The van der Waals surface area contributed by atoms with Crippen molar-refractivity contribution in [3.8, 4) is 0 Å². The first kappa shape index (κ1) is 18.5. The third-order valence-corrected chi connectivity index (χ3v) is 8.47. The summed E-state index contributed by atoms with van der Waals surface area (Å²) >= 11 is 11.6. The second kappa shape index (κ2) is 7.37. The molecule has 8 heteroatoms. The Hall–Kier alpha value is -1.54. The van der Waals surface area contributed by atoms with E-state index in [9.17, 15) is 0 Å². The van der Waals surface area contributed by atoms with E-state index in [1.54, 1.807) is 34.4 Å². The summed E-state index contributed by atoms with van der Waals surface area (Å²) in [5.41, 5.74) is 3.31. The van der Waals surface area contributed by atoms with Gasteiger partial charge >= 0.3 is 0 Å². The quantitative estimate of drug-likeness (QED) is 0.365. The lowest BCUT2D eigenvalue weighted by Gasteiger charge is -2.34. The fourth-order valence-electron chi connectivity index (χ4n) is 3.47. The van der Waals surface area contributed by atoms with Gasteiger partial charge in [0.1, 0.15) is 0 Å². The molecule has 0 bridgehead atoms. The number of aryl methyl sites for hydroxylation is 1. The molecule has 28 heavy (non-hydrogen) atoms. The van der Waals surface area contributed by atoms with E-state index in [0.29, 0.717) is 0 Å². The maximum atomic E-state index is 6.38. The van der Waals surface area contributed by atoms with Crippen LogP contribution in [0.15, 0.2) is 35.2 Å². The van der Waals surface area contributed by atoms with Gasteiger partial charge in [-0.25, -0.2) is 9.97 Å². The number of benzene rings is 2. The smallest absolute Gasteiger partial charge is 0.186 e. The molecular formula is C20H19ClN4S3. The van der Waals surface area contributed by atoms with Crippen LogP contribution in [0.5, 0.6) is 0 Å². The number of fused-ring (bicyclic) bond motifs is 2. The summed E-state index contributed by atoms with van der Waals surface area (Å²) in [6.45, 7) is 5.90. The minimum absolute atomic E-state index is 0.794. The Balaban J connectivity index is 1.35. The van der Waals surface area contributed by atoms with Crippen molar-refractivity contribution in [2.45, 2.75) is 11.8 Å². The Kier molecular flexibility index (Phi) is 4.87. The van der Waals surface area contributed by atoms with Crippen LogP contribution in [-0.2, 0) is 0 Å². The third kappa shape index (κ3) is 3.24. The van der Waals surface area contributed by atoms with Crippen molar-refractivity contribution in [3.63, 3.8) is 0 Å². The minimum atomic E-state index is 0.794. The van der Waals surface area contributed by atoms with Crippen molar-refractivity contribution in [2.75, 3.05) is 42.2 Å². The predicted molar refractivity (Wildman–Crippen MR) is 125 cm³/mol. The maximum Gasteiger partial charge on any atom is 0.186 e. The van der Waals surface area contributed by atoms with E-state index >= 15 is 0 Å². The number of thiazole rings is 2. The van der Waals surface area contributed by atoms with Gasteiger partial charge in [0.05, 0.1) is 25.5 Å². The van der Waals surface area contributed by atoms with Crippen LogP contribution in [0.3, 0.4) is 0 Å². The van der Waals surface area contributed by atoms with Crippen molar-refractivity contribution < 1.29 is 0 Å². The average molecular weight is 447 g/mol. The standard InChI is InChI=1S/C20H19ClN4S3/c1-12-3-5-14(21)18-17(12)23-20(28-18)25-9-7-24(8-10-25)19-22-15-6-4-13(26-2)11-16(15)27-19/h3-6,11H,7-10H2,1-2H3. The number of hydrogen-bond donors (Lipinski definition) is 0. The Morgan fingerprint density at radius 3 is 2.36 bits per heavy atom. The highest BCUT2D eigenvalue weighted by molar-refractivity contribution is 7.98. The number of aromatic nitrogens is 2. The van der Waals surface area contributed by atoms with Gasteiger partial charge in [-0.1, -0.05) is 40.3 Å². The summed E-state index contributed by atoms with van der Waals surface area (Å²) in [5, 5.41) is 2.98. The number of rotatable bonds is 3. The van der Waals surface area contributed by atoms with E-state index in [4.69, 9.17) is 21.6 Å². The summed E-state index contributed by atoms with van der Waals surface area (Å²) in [4.78, 5) is 15.8. The third-order valence-electron chi connectivity index (χ3n) is 5.09. The van der Waals surface area contributed by atoms with E-state index in [2.05, 4.69) is 41.2 Å². The fraction of sp³-hybridized carbons (Fsp3) is 0.300. The molecule has 0 aliphatic carbocycles. The van der Waals surface area contributed by atoms with E-state index < -0.39 is 0 Å². The van der Waals surface area contributed by atoms with Gasteiger partial charge in [-0.3, -0.25) is 0 Å². The van der Waals surface area contributed by atoms with Gasteiger partial charge in [0, 0.05) is 31.1 Å². The largest absolute Gasteiger partial charge is 0.345 e. The molecular weight excluding hydrogens is 428 g/mol. The van der Waals surface area contributed by atoms with Crippen molar-refractivity contribution in [2.24, 2.45) is 0 Å². The zero-order valence-electron chi connectivity index (χ0n) is 15.6. The predicted octanol–water partition coefficient (Wildman–Crippen LogP) is 5.92. The van der Waals surface area contributed by atoms with Gasteiger partial charge in [-0.15, -0.1) is 11.8 Å². The topological polar surface area (TPSA) is 32.3 Å². The first-order chi connectivity index (χ1) is 13.6. The molecule has 4 nitrogen and oxygen atoms in total. The molecule has 1 aliphatic rings. The van der Waals surface area contributed by atoms with Gasteiger partial charge in [0.2, 0.25) is 0 Å². The SMILES string of the molecule is CSc1ccc2nc(N3CCN(c4nc5c(C)ccc(Cl)c5s4)CC3)sc2c1. The Morgan fingerprint density at radius 1 is 0.964 bits per heavy atom. The monoisotopic (exact) mass is 446 g/mol. The highest BCUT2D eigenvalue weighted by Gasteiger charge is 2.23. The zero-order valence-corrected chi connectivity index (χ0v) is 18.8. The van der Waals surface area contributed by atoms with Crippen LogP contribution in [0.1, 0.15) is 5.56 Å². The van der Waals surface area contributed by atoms with Gasteiger partial charge in [-0.05, 0) is 43.0 Å². The second-order valence-corrected chi connectivity index (χ2v) is 10.1. The molecule has 5 rings (SSSR count). The molecule has 0 saturated carbocycles. The zero-order chi connectivity index (χ0) is 19.3. The fourth-order valence-corrected chi connectivity index (χ4v) is 6.41. The van der Waals surface area contributed by atoms with Gasteiger partial charge < -0.3 is 9.80 Å². The molecule has 2 aromatic heterocycles. The number of thioether (sulfide) groups is 1. The first-order valence-corrected chi connectivity index (χ1v) is 12.4. The molecule has 0 spiro atoms. The summed E-state index contributed by atoms with van der Waals surface area (Å²) in [6, 6.07) is 10.5. The highest BCUT2D eigenvalue weighted by Crippen LogP contribution is 2.37. The average Bonchev–Trinajstić information content (AvgIpc) is 3.35. The minimum Gasteiger partial charge on any atom is -0.345 e.